The van der Waals surface area contributed by atoms with E-state index < -0.39 is 8.56 Å². The van der Waals surface area contributed by atoms with E-state index in [-0.39, 0.29) is 0 Å². The van der Waals surface area contributed by atoms with Crippen molar-refractivity contribution in [1.29, 1.82) is 0 Å². The Morgan fingerprint density at radius 2 is 1.68 bits per heavy atom. The Morgan fingerprint density at radius 1 is 1.05 bits per heavy atom. The van der Waals surface area contributed by atoms with Crippen molar-refractivity contribution < 1.29 is 23.1 Å². The minimum atomic E-state index is -1.96. The van der Waals surface area contributed by atoms with Crippen LogP contribution in [-0.4, -0.2) is 60.9 Å². The van der Waals surface area contributed by atoms with E-state index >= 15 is 0 Å². The van der Waals surface area contributed by atoms with Gasteiger partial charge in [-0.25, -0.2) is 0 Å². The molecular formula is C13H28O5Si. The Morgan fingerprint density at radius 3 is 2.26 bits per heavy atom. The lowest BCUT2D eigenvalue weighted by Crippen LogP contribution is -2.38. The van der Waals surface area contributed by atoms with Crippen molar-refractivity contribution in [1.82, 2.24) is 0 Å². The summed E-state index contributed by atoms with van der Waals surface area (Å²) < 4.78 is 27.5. The first-order chi connectivity index (χ1) is 9.20. The molecule has 1 aliphatic heterocycles. The SMILES string of the molecule is CCO[Si](C)(CCCOCCOCC1CO1)OCC. The van der Waals surface area contributed by atoms with Crippen LogP contribution in [0.3, 0.4) is 0 Å². The van der Waals surface area contributed by atoms with E-state index in [0.717, 1.165) is 38.9 Å². The summed E-state index contributed by atoms with van der Waals surface area (Å²) in [6, 6.07) is 0.978. The highest BCUT2D eigenvalue weighted by Gasteiger charge is 2.29. The van der Waals surface area contributed by atoms with Crippen molar-refractivity contribution in [2.24, 2.45) is 0 Å². The largest absolute Gasteiger partial charge is 0.395 e. The minimum Gasteiger partial charge on any atom is -0.395 e. The number of epoxide rings is 1. The Hall–Kier alpha value is 0.0169. The number of rotatable bonds is 13. The van der Waals surface area contributed by atoms with Gasteiger partial charge in [0, 0.05) is 19.8 Å². The molecule has 1 saturated heterocycles. The van der Waals surface area contributed by atoms with Crippen LogP contribution in [0.1, 0.15) is 20.3 Å². The standard InChI is InChI=1S/C13H28O5Si/c1-4-17-19(3,18-5-2)10-6-7-14-8-9-15-11-13-12-16-13/h13H,4-12H2,1-3H3. The van der Waals surface area contributed by atoms with Crippen molar-refractivity contribution >= 4 is 8.56 Å². The van der Waals surface area contributed by atoms with E-state index in [9.17, 15) is 0 Å². The predicted octanol–water partition coefficient (Wildman–Crippen LogP) is 1.95. The lowest BCUT2D eigenvalue weighted by molar-refractivity contribution is 0.0413. The van der Waals surface area contributed by atoms with Crippen LogP contribution in [0.4, 0.5) is 0 Å². The number of ether oxygens (including phenoxy) is 3. The number of hydrogen-bond acceptors (Lipinski definition) is 5. The quantitative estimate of drug-likeness (QED) is 0.295. The summed E-state index contributed by atoms with van der Waals surface area (Å²) in [5, 5.41) is 0. The molecule has 6 heteroatoms. The van der Waals surface area contributed by atoms with Crippen LogP contribution in [0.5, 0.6) is 0 Å². The smallest absolute Gasteiger partial charge is 0.334 e. The van der Waals surface area contributed by atoms with Gasteiger partial charge in [-0.15, -0.1) is 0 Å². The maximum absolute atomic E-state index is 5.77. The molecule has 0 radical (unpaired) electrons. The normalized spacial score (nSPS) is 18.8. The molecule has 0 bridgehead atoms. The van der Waals surface area contributed by atoms with Crippen LogP contribution in [-0.2, 0) is 23.1 Å². The second kappa shape index (κ2) is 9.85. The Bertz CT molecular complexity index is 217. The molecule has 0 saturated carbocycles. The molecule has 1 heterocycles. The highest BCUT2D eigenvalue weighted by molar-refractivity contribution is 6.66. The van der Waals surface area contributed by atoms with Gasteiger partial charge in [0.25, 0.3) is 0 Å². The molecule has 19 heavy (non-hydrogen) atoms. The van der Waals surface area contributed by atoms with Gasteiger partial charge in [0.05, 0.1) is 26.4 Å². The van der Waals surface area contributed by atoms with Crippen molar-refractivity contribution in [3.8, 4) is 0 Å². The fourth-order valence-electron chi connectivity index (χ4n) is 1.89. The van der Waals surface area contributed by atoms with Crippen LogP contribution >= 0.6 is 0 Å². The van der Waals surface area contributed by atoms with Crippen molar-refractivity contribution in [2.75, 3.05) is 46.2 Å². The summed E-state index contributed by atoms with van der Waals surface area (Å²) >= 11 is 0. The summed E-state index contributed by atoms with van der Waals surface area (Å²) in [5.41, 5.74) is 0. The summed E-state index contributed by atoms with van der Waals surface area (Å²) in [6.45, 7) is 11.2. The zero-order valence-electron chi connectivity index (χ0n) is 12.5. The molecule has 5 nitrogen and oxygen atoms in total. The number of hydrogen-bond donors (Lipinski definition) is 0. The topological polar surface area (TPSA) is 49.5 Å². The van der Waals surface area contributed by atoms with Crippen LogP contribution in [0, 0.1) is 0 Å². The lowest BCUT2D eigenvalue weighted by atomic mass is 10.5. The lowest BCUT2D eigenvalue weighted by Gasteiger charge is -2.25. The third-order valence-corrected chi connectivity index (χ3v) is 5.96. The Balaban J connectivity index is 1.91. The van der Waals surface area contributed by atoms with Gasteiger partial charge in [-0.2, -0.15) is 0 Å². The highest BCUT2D eigenvalue weighted by Crippen LogP contribution is 2.15. The van der Waals surface area contributed by atoms with Crippen LogP contribution in [0.25, 0.3) is 0 Å². The molecule has 0 aromatic heterocycles. The molecule has 114 valence electrons. The summed E-state index contributed by atoms with van der Waals surface area (Å²) in [6.07, 6.45) is 1.32. The maximum atomic E-state index is 5.77. The first kappa shape index (κ1) is 17.1. The molecule has 1 aliphatic rings. The fourth-order valence-corrected chi connectivity index (χ4v) is 4.27. The van der Waals surface area contributed by atoms with Gasteiger partial charge in [0.15, 0.2) is 0 Å². The molecule has 1 unspecified atom stereocenters. The van der Waals surface area contributed by atoms with E-state index in [1.165, 1.54) is 0 Å². The summed E-state index contributed by atoms with van der Waals surface area (Å²) in [5.74, 6) is 0. The van der Waals surface area contributed by atoms with E-state index in [1.54, 1.807) is 0 Å². The second-order valence-corrected chi connectivity index (χ2v) is 8.09. The van der Waals surface area contributed by atoms with Gasteiger partial charge in [-0.3, -0.25) is 0 Å². The monoisotopic (exact) mass is 292 g/mol. The summed E-state index contributed by atoms with van der Waals surface area (Å²) in [4.78, 5) is 0. The van der Waals surface area contributed by atoms with Crippen LogP contribution < -0.4 is 0 Å². The van der Waals surface area contributed by atoms with E-state index in [1.807, 2.05) is 13.8 Å². The van der Waals surface area contributed by atoms with Crippen LogP contribution in [0.15, 0.2) is 0 Å². The molecule has 0 aromatic carbocycles. The first-order valence-electron chi connectivity index (χ1n) is 7.25. The third-order valence-electron chi connectivity index (χ3n) is 2.90. The van der Waals surface area contributed by atoms with Gasteiger partial charge >= 0.3 is 8.56 Å². The molecule has 0 aliphatic carbocycles. The molecule has 0 amide bonds. The molecular weight excluding hydrogens is 264 g/mol. The zero-order valence-corrected chi connectivity index (χ0v) is 13.5. The summed E-state index contributed by atoms with van der Waals surface area (Å²) in [7, 11) is -1.96. The van der Waals surface area contributed by atoms with Crippen molar-refractivity contribution in [2.45, 2.75) is 39.0 Å². The fraction of sp³-hybridized carbons (Fsp3) is 1.00. The van der Waals surface area contributed by atoms with E-state index in [0.29, 0.717) is 25.9 Å². The third kappa shape index (κ3) is 8.72. The van der Waals surface area contributed by atoms with Crippen LogP contribution in [0.2, 0.25) is 12.6 Å². The van der Waals surface area contributed by atoms with E-state index in [2.05, 4.69) is 6.55 Å². The van der Waals surface area contributed by atoms with Gasteiger partial charge in [-0.1, -0.05) is 0 Å². The van der Waals surface area contributed by atoms with Gasteiger partial charge in [0.1, 0.15) is 6.10 Å². The predicted molar refractivity (Wildman–Crippen MR) is 75.7 cm³/mol. The molecule has 1 fully saturated rings. The zero-order chi connectivity index (χ0) is 14.0. The van der Waals surface area contributed by atoms with E-state index in [4.69, 9.17) is 23.1 Å². The average molecular weight is 292 g/mol. The molecule has 0 aromatic rings. The molecule has 1 atom stereocenters. The maximum Gasteiger partial charge on any atom is 0.334 e. The Labute approximate surface area is 117 Å². The average Bonchev–Trinajstić information content (AvgIpc) is 3.17. The van der Waals surface area contributed by atoms with Gasteiger partial charge in [0.2, 0.25) is 0 Å². The highest BCUT2D eigenvalue weighted by atomic mass is 28.4. The Kier molecular flexibility index (Phi) is 8.85. The second-order valence-electron chi connectivity index (χ2n) is 4.75. The first-order valence-corrected chi connectivity index (χ1v) is 9.77. The van der Waals surface area contributed by atoms with Crippen molar-refractivity contribution in [3.63, 3.8) is 0 Å². The van der Waals surface area contributed by atoms with Crippen molar-refractivity contribution in [3.05, 3.63) is 0 Å². The minimum absolute atomic E-state index is 0.337. The van der Waals surface area contributed by atoms with Gasteiger partial charge in [-0.05, 0) is 32.9 Å². The molecule has 0 spiro atoms. The molecule has 0 N–H and O–H groups in total. The van der Waals surface area contributed by atoms with Gasteiger partial charge < -0.3 is 23.1 Å². The molecule has 1 rings (SSSR count).